The standard InChI is InChI=1S/C40H72O12S/c1-3-5-7-9-11-13-15-17-19-20-22-24-26-28-35(41)49-30-33(31-50-40-39(45)38(44)37(43)34(52-40)32-53(46,47)48)51-36(42)29-27-25-23-21-18-16-14-12-10-8-6-4-2/h12-15,33-34,37-40,43-45H,3-11,16-32H2,1-2H3,(H,46,47,48)/b14-12+,15-13+/t33-,34-,37-,38?,39?,40+/m1/s1. The van der Waals surface area contributed by atoms with Gasteiger partial charge in [0.15, 0.2) is 12.4 Å². The van der Waals surface area contributed by atoms with Gasteiger partial charge in [-0.15, -0.1) is 0 Å². The Balaban J connectivity index is 2.52. The lowest BCUT2D eigenvalue weighted by Gasteiger charge is -2.40. The molecule has 2 unspecified atom stereocenters. The molecule has 0 saturated carbocycles. The van der Waals surface area contributed by atoms with Gasteiger partial charge in [0, 0.05) is 12.8 Å². The number of carbonyl (C=O) groups excluding carboxylic acids is 2. The van der Waals surface area contributed by atoms with E-state index >= 15 is 0 Å². The monoisotopic (exact) mass is 776 g/mol. The first-order chi connectivity index (χ1) is 25.5. The van der Waals surface area contributed by atoms with Crippen molar-refractivity contribution in [1.82, 2.24) is 0 Å². The van der Waals surface area contributed by atoms with Gasteiger partial charge in [0.05, 0.1) is 6.61 Å². The lowest BCUT2D eigenvalue weighted by Crippen LogP contribution is -2.60. The van der Waals surface area contributed by atoms with E-state index in [1.54, 1.807) is 0 Å². The number of unbranched alkanes of at least 4 members (excludes halogenated alkanes) is 17. The predicted octanol–water partition coefficient (Wildman–Crippen LogP) is 7.28. The number of allylic oxidation sites excluding steroid dienone is 4. The van der Waals surface area contributed by atoms with Crippen LogP contribution >= 0.6 is 0 Å². The van der Waals surface area contributed by atoms with E-state index in [0.29, 0.717) is 12.8 Å². The lowest BCUT2D eigenvalue weighted by molar-refractivity contribution is -0.297. The maximum Gasteiger partial charge on any atom is 0.306 e. The Morgan fingerprint density at radius 2 is 1.08 bits per heavy atom. The molecule has 4 N–H and O–H groups in total. The Bertz CT molecular complexity index is 1100. The third-order valence-electron chi connectivity index (χ3n) is 9.25. The van der Waals surface area contributed by atoms with Gasteiger partial charge in [0.1, 0.15) is 36.8 Å². The van der Waals surface area contributed by atoms with Crippen molar-refractivity contribution in [2.75, 3.05) is 19.0 Å². The molecule has 0 aromatic rings. The van der Waals surface area contributed by atoms with Gasteiger partial charge in [-0.25, -0.2) is 0 Å². The second kappa shape index (κ2) is 31.3. The molecule has 0 amide bonds. The Kier molecular flexibility index (Phi) is 29.1. The molecule has 1 aliphatic heterocycles. The normalized spacial score (nSPS) is 21.4. The SMILES string of the molecule is CCCCC/C=C/CCCCCCCC(=O)O[C@H](COC(=O)CCCCCCC/C=C/CCCCCC)CO[C@H]1O[C@H](CS(=O)(=O)O)[C@@H](O)C(O)C1O. The molecule has 0 aliphatic carbocycles. The molecule has 53 heavy (non-hydrogen) atoms. The average Bonchev–Trinajstić information content (AvgIpc) is 3.12. The third kappa shape index (κ3) is 26.6. The Morgan fingerprint density at radius 1 is 0.623 bits per heavy atom. The van der Waals surface area contributed by atoms with Gasteiger partial charge in [-0.3, -0.25) is 14.1 Å². The minimum atomic E-state index is -4.60. The van der Waals surface area contributed by atoms with Crippen molar-refractivity contribution in [3.8, 4) is 0 Å². The molecule has 1 heterocycles. The zero-order chi connectivity index (χ0) is 39.2. The topological polar surface area (TPSA) is 186 Å². The molecule has 1 saturated heterocycles. The van der Waals surface area contributed by atoms with Gasteiger partial charge in [0.25, 0.3) is 10.1 Å². The number of aliphatic hydroxyl groups is 3. The number of hydrogen-bond donors (Lipinski definition) is 4. The van der Waals surface area contributed by atoms with Crippen LogP contribution in [-0.4, -0.2) is 96.0 Å². The fourth-order valence-corrected chi connectivity index (χ4v) is 6.71. The number of rotatable bonds is 33. The van der Waals surface area contributed by atoms with Crippen molar-refractivity contribution in [1.29, 1.82) is 0 Å². The first kappa shape index (κ1) is 49.1. The van der Waals surface area contributed by atoms with Crippen molar-refractivity contribution in [3.05, 3.63) is 24.3 Å². The van der Waals surface area contributed by atoms with Crippen LogP contribution in [0.5, 0.6) is 0 Å². The van der Waals surface area contributed by atoms with Gasteiger partial charge < -0.3 is 34.3 Å². The van der Waals surface area contributed by atoms with E-state index in [9.17, 15) is 37.9 Å². The molecule has 0 spiro atoms. The fourth-order valence-electron chi connectivity index (χ4n) is 6.02. The molecular weight excluding hydrogens is 704 g/mol. The summed E-state index contributed by atoms with van der Waals surface area (Å²) >= 11 is 0. The summed E-state index contributed by atoms with van der Waals surface area (Å²) < 4.78 is 53.8. The molecule has 1 aliphatic rings. The summed E-state index contributed by atoms with van der Waals surface area (Å²) in [6.45, 7) is 3.68. The second-order valence-electron chi connectivity index (χ2n) is 14.3. The summed E-state index contributed by atoms with van der Waals surface area (Å²) in [4.78, 5) is 25.3. The Hall–Kier alpha value is -1.87. The van der Waals surface area contributed by atoms with E-state index in [4.69, 9.17) is 18.9 Å². The van der Waals surface area contributed by atoms with Crippen LogP contribution < -0.4 is 0 Å². The number of aliphatic hydroxyl groups excluding tert-OH is 3. The number of esters is 2. The quantitative estimate of drug-likeness (QED) is 0.0226. The van der Waals surface area contributed by atoms with Crippen molar-refractivity contribution in [2.45, 2.75) is 198 Å². The van der Waals surface area contributed by atoms with Gasteiger partial charge in [-0.1, -0.05) is 109 Å². The fraction of sp³-hybridized carbons (Fsp3) is 0.850. The molecule has 1 fully saturated rings. The number of hydrogen-bond acceptors (Lipinski definition) is 11. The molecule has 0 aromatic carbocycles. The minimum Gasteiger partial charge on any atom is -0.462 e. The Labute approximate surface area is 319 Å². The van der Waals surface area contributed by atoms with Crippen LogP contribution in [0, 0.1) is 0 Å². The summed E-state index contributed by atoms with van der Waals surface area (Å²) in [5.41, 5.74) is 0. The van der Waals surface area contributed by atoms with Crippen LogP contribution in [0.15, 0.2) is 24.3 Å². The highest BCUT2D eigenvalue weighted by molar-refractivity contribution is 7.85. The maximum absolute atomic E-state index is 12.7. The molecule has 12 nitrogen and oxygen atoms in total. The minimum absolute atomic E-state index is 0.153. The first-order valence-corrected chi connectivity index (χ1v) is 22.0. The molecule has 1 rings (SSSR count). The lowest BCUT2D eigenvalue weighted by atomic mass is 10.00. The molecule has 0 aromatic heterocycles. The van der Waals surface area contributed by atoms with Gasteiger partial charge in [-0.05, 0) is 64.2 Å². The van der Waals surface area contributed by atoms with Crippen molar-refractivity contribution in [2.24, 2.45) is 0 Å². The highest BCUT2D eigenvalue weighted by Gasteiger charge is 2.46. The zero-order valence-corrected chi connectivity index (χ0v) is 33.4. The van der Waals surface area contributed by atoms with E-state index in [-0.39, 0.29) is 19.4 Å². The summed E-state index contributed by atoms with van der Waals surface area (Å²) in [6.07, 6.45) is 22.3. The average molecular weight is 777 g/mol. The van der Waals surface area contributed by atoms with Crippen LogP contribution in [0.4, 0.5) is 0 Å². The highest BCUT2D eigenvalue weighted by Crippen LogP contribution is 2.24. The summed E-state index contributed by atoms with van der Waals surface area (Å²) in [7, 11) is -4.60. The van der Waals surface area contributed by atoms with Crippen LogP contribution in [0.3, 0.4) is 0 Å². The van der Waals surface area contributed by atoms with Crippen LogP contribution in [0.1, 0.15) is 162 Å². The largest absolute Gasteiger partial charge is 0.462 e. The Morgan fingerprint density at radius 3 is 1.60 bits per heavy atom. The van der Waals surface area contributed by atoms with E-state index in [0.717, 1.165) is 77.0 Å². The van der Waals surface area contributed by atoms with Crippen LogP contribution in [0.25, 0.3) is 0 Å². The van der Waals surface area contributed by atoms with E-state index in [2.05, 4.69) is 38.2 Å². The van der Waals surface area contributed by atoms with E-state index in [1.165, 1.54) is 44.9 Å². The zero-order valence-electron chi connectivity index (χ0n) is 32.6. The van der Waals surface area contributed by atoms with Crippen molar-refractivity contribution in [3.63, 3.8) is 0 Å². The molecule has 0 bridgehead atoms. The molecule has 6 atom stereocenters. The van der Waals surface area contributed by atoms with Crippen molar-refractivity contribution < 1.29 is 56.8 Å². The summed E-state index contributed by atoms with van der Waals surface area (Å²) in [6, 6.07) is 0. The van der Waals surface area contributed by atoms with Crippen molar-refractivity contribution >= 4 is 22.1 Å². The maximum atomic E-state index is 12.7. The van der Waals surface area contributed by atoms with E-state index in [1.807, 2.05) is 0 Å². The van der Waals surface area contributed by atoms with Crippen LogP contribution in [0.2, 0.25) is 0 Å². The first-order valence-electron chi connectivity index (χ1n) is 20.4. The second-order valence-corrected chi connectivity index (χ2v) is 15.8. The van der Waals surface area contributed by atoms with Crippen LogP contribution in [-0.2, 0) is 38.7 Å². The summed E-state index contributed by atoms with van der Waals surface area (Å²) in [5.74, 6) is -2.01. The number of ether oxygens (including phenoxy) is 4. The highest BCUT2D eigenvalue weighted by atomic mass is 32.2. The smallest absolute Gasteiger partial charge is 0.306 e. The molecule has 13 heteroatoms. The molecule has 310 valence electrons. The molecular formula is C40H72O12S. The van der Waals surface area contributed by atoms with E-state index < -0.39 is 71.2 Å². The van der Waals surface area contributed by atoms with Gasteiger partial charge in [-0.2, -0.15) is 8.42 Å². The third-order valence-corrected chi connectivity index (χ3v) is 10.0. The molecule has 0 radical (unpaired) electrons. The van der Waals surface area contributed by atoms with Gasteiger partial charge >= 0.3 is 11.9 Å². The predicted molar refractivity (Wildman–Crippen MR) is 206 cm³/mol. The summed E-state index contributed by atoms with van der Waals surface area (Å²) in [5, 5.41) is 30.8. The van der Waals surface area contributed by atoms with Gasteiger partial charge in [0.2, 0.25) is 0 Å². The number of carbonyl (C=O) groups is 2.